The van der Waals surface area contributed by atoms with Crippen LogP contribution in [0.5, 0.6) is 5.75 Å². The Labute approximate surface area is 92.9 Å². The molecule has 84 valence electrons. The molecule has 0 N–H and O–H groups in total. The van der Waals surface area contributed by atoms with Crippen LogP contribution in [0.2, 0.25) is 0 Å². The third-order valence-corrected chi connectivity index (χ3v) is 2.67. The van der Waals surface area contributed by atoms with Crippen molar-refractivity contribution in [3.63, 3.8) is 0 Å². The summed E-state index contributed by atoms with van der Waals surface area (Å²) in [5, 5.41) is 0. The van der Waals surface area contributed by atoms with Gasteiger partial charge in [-0.25, -0.2) is 0 Å². The highest BCUT2D eigenvalue weighted by Crippen LogP contribution is 2.21. The van der Waals surface area contributed by atoms with E-state index in [2.05, 4.69) is 38.1 Å². The zero-order valence-corrected chi connectivity index (χ0v) is 10.2. The number of benzene rings is 1. The number of nitrogens with zero attached hydrogens (tertiary/aromatic N) is 1. The standard InChI is InChI=1S/C13H21NO/c1-11-12(8-6-10-14(2)3)7-5-9-13(11)15-4/h5,7,9H,6,8,10H2,1-4H3. The molecular formula is C13H21NO. The monoisotopic (exact) mass is 207 g/mol. The number of hydrogen-bond acceptors (Lipinski definition) is 2. The van der Waals surface area contributed by atoms with Crippen LogP contribution in [0.1, 0.15) is 17.5 Å². The second-order valence-corrected chi connectivity index (χ2v) is 4.15. The topological polar surface area (TPSA) is 12.5 Å². The Morgan fingerprint density at radius 1 is 1.27 bits per heavy atom. The Bertz CT molecular complexity index is 307. The van der Waals surface area contributed by atoms with Crippen molar-refractivity contribution in [2.75, 3.05) is 27.7 Å². The van der Waals surface area contributed by atoms with E-state index in [1.54, 1.807) is 7.11 Å². The van der Waals surface area contributed by atoms with E-state index in [9.17, 15) is 0 Å². The third-order valence-electron chi connectivity index (χ3n) is 2.67. The lowest BCUT2D eigenvalue weighted by Gasteiger charge is -2.12. The summed E-state index contributed by atoms with van der Waals surface area (Å²) in [5.74, 6) is 0.998. The summed E-state index contributed by atoms with van der Waals surface area (Å²) in [6.45, 7) is 3.26. The van der Waals surface area contributed by atoms with Gasteiger partial charge in [-0.05, 0) is 57.6 Å². The van der Waals surface area contributed by atoms with Gasteiger partial charge < -0.3 is 9.64 Å². The molecule has 0 fully saturated rings. The molecule has 0 bridgehead atoms. The summed E-state index contributed by atoms with van der Waals surface area (Å²) < 4.78 is 5.30. The second kappa shape index (κ2) is 5.76. The highest BCUT2D eigenvalue weighted by molar-refractivity contribution is 5.39. The quantitative estimate of drug-likeness (QED) is 0.735. The molecule has 2 heteroatoms. The van der Waals surface area contributed by atoms with Gasteiger partial charge >= 0.3 is 0 Å². The molecule has 0 aromatic heterocycles. The van der Waals surface area contributed by atoms with Crippen molar-refractivity contribution in [2.45, 2.75) is 19.8 Å². The number of rotatable bonds is 5. The Hall–Kier alpha value is -1.02. The first kappa shape index (κ1) is 12.1. The van der Waals surface area contributed by atoms with Crippen molar-refractivity contribution in [2.24, 2.45) is 0 Å². The number of ether oxygens (including phenoxy) is 1. The molecule has 2 nitrogen and oxygen atoms in total. The minimum Gasteiger partial charge on any atom is -0.496 e. The van der Waals surface area contributed by atoms with E-state index in [0.29, 0.717) is 0 Å². The first-order valence-electron chi connectivity index (χ1n) is 5.42. The summed E-state index contributed by atoms with van der Waals surface area (Å²) >= 11 is 0. The highest BCUT2D eigenvalue weighted by atomic mass is 16.5. The smallest absolute Gasteiger partial charge is 0.122 e. The molecule has 0 atom stereocenters. The van der Waals surface area contributed by atoms with Crippen LogP contribution in [-0.4, -0.2) is 32.6 Å². The SMILES string of the molecule is COc1cccc(CCCN(C)C)c1C. The van der Waals surface area contributed by atoms with Gasteiger partial charge in [0.25, 0.3) is 0 Å². The summed E-state index contributed by atoms with van der Waals surface area (Å²) in [7, 11) is 5.95. The lowest BCUT2D eigenvalue weighted by Crippen LogP contribution is -2.13. The van der Waals surface area contributed by atoms with Crippen molar-refractivity contribution in [3.05, 3.63) is 29.3 Å². The normalized spacial score (nSPS) is 10.7. The molecule has 0 unspecified atom stereocenters. The summed E-state index contributed by atoms with van der Waals surface area (Å²) in [6.07, 6.45) is 2.32. The zero-order chi connectivity index (χ0) is 11.3. The van der Waals surface area contributed by atoms with Crippen LogP contribution in [0.3, 0.4) is 0 Å². The van der Waals surface area contributed by atoms with Gasteiger partial charge in [-0.15, -0.1) is 0 Å². The van der Waals surface area contributed by atoms with Crippen LogP contribution < -0.4 is 4.74 Å². The average Bonchev–Trinajstić information content (AvgIpc) is 2.20. The van der Waals surface area contributed by atoms with Crippen molar-refractivity contribution >= 4 is 0 Å². The van der Waals surface area contributed by atoms with E-state index in [4.69, 9.17) is 4.74 Å². The maximum absolute atomic E-state index is 5.30. The Kier molecular flexibility index (Phi) is 4.63. The van der Waals surface area contributed by atoms with Gasteiger partial charge in [-0.3, -0.25) is 0 Å². The van der Waals surface area contributed by atoms with Gasteiger partial charge in [-0.1, -0.05) is 12.1 Å². The zero-order valence-electron chi connectivity index (χ0n) is 10.2. The fourth-order valence-corrected chi connectivity index (χ4v) is 1.74. The highest BCUT2D eigenvalue weighted by Gasteiger charge is 2.03. The van der Waals surface area contributed by atoms with E-state index >= 15 is 0 Å². The van der Waals surface area contributed by atoms with E-state index in [1.807, 2.05) is 6.07 Å². The van der Waals surface area contributed by atoms with E-state index in [0.717, 1.165) is 18.7 Å². The molecule has 1 aromatic carbocycles. The van der Waals surface area contributed by atoms with Gasteiger partial charge in [0.1, 0.15) is 5.75 Å². The van der Waals surface area contributed by atoms with E-state index in [1.165, 1.54) is 17.5 Å². The third kappa shape index (κ3) is 3.56. The van der Waals surface area contributed by atoms with Crippen LogP contribution >= 0.6 is 0 Å². The van der Waals surface area contributed by atoms with Crippen LogP contribution in [0.4, 0.5) is 0 Å². The molecule has 0 heterocycles. The molecule has 0 aliphatic heterocycles. The van der Waals surface area contributed by atoms with Gasteiger partial charge in [0.05, 0.1) is 7.11 Å². The van der Waals surface area contributed by atoms with Gasteiger partial charge in [0.2, 0.25) is 0 Å². The molecule has 0 amide bonds. The maximum atomic E-state index is 5.30. The Morgan fingerprint density at radius 2 is 2.00 bits per heavy atom. The van der Waals surface area contributed by atoms with Crippen molar-refractivity contribution in [1.82, 2.24) is 4.90 Å². The molecule has 1 rings (SSSR count). The number of hydrogen-bond donors (Lipinski definition) is 0. The molecule has 0 aliphatic rings. The summed E-state index contributed by atoms with van der Waals surface area (Å²) in [6, 6.07) is 6.27. The first-order valence-corrected chi connectivity index (χ1v) is 5.42. The fraction of sp³-hybridized carbons (Fsp3) is 0.538. The lowest BCUT2D eigenvalue weighted by molar-refractivity contribution is 0.398. The van der Waals surface area contributed by atoms with Crippen LogP contribution in [0.25, 0.3) is 0 Å². The summed E-state index contributed by atoms with van der Waals surface area (Å²) in [4.78, 5) is 2.22. The van der Waals surface area contributed by atoms with Gasteiger partial charge in [-0.2, -0.15) is 0 Å². The maximum Gasteiger partial charge on any atom is 0.122 e. The van der Waals surface area contributed by atoms with Gasteiger partial charge in [0.15, 0.2) is 0 Å². The summed E-state index contributed by atoms with van der Waals surface area (Å²) in [5.41, 5.74) is 2.68. The number of methoxy groups -OCH3 is 1. The number of aryl methyl sites for hydroxylation is 1. The minimum absolute atomic E-state index is 0.998. The molecule has 0 spiro atoms. The molecule has 0 saturated carbocycles. The van der Waals surface area contributed by atoms with Crippen molar-refractivity contribution < 1.29 is 4.74 Å². The van der Waals surface area contributed by atoms with Crippen LogP contribution in [0.15, 0.2) is 18.2 Å². The Balaban J connectivity index is 2.61. The molecular weight excluding hydrogens is 186 g/mol. The molecule has 15 heavy (non-hydrogen) atoms. The van der Waals surface area contributed by atoms with Gasteiger partial charge in [0, 0.05) is 0 Å². The second-order valence-electron chi connectivity index (χ2n) is 4.15. The molecule has 0 radical (unpaired) electrons. The average molecular weight is 207 g/mol. The Morgan fingerprint density at radius 3 is 2.60 bits per heavy atom. The first-order chi connectivity index (χ1) is 7.15. The van der Waals surface area contributed by atoms with Crippen LogP contribution in [-0.2, 0) is 6.42 Å². The van der Waals surface area contributed by atoms with E-state index < -0.39 is 0 Å². The largest absolute Gasteiger partial charge is 0.496 e. The van der Waals surface area contributed by atoms with E-state index in [-0.39, 0.29) is 0 Å². The predicted octanol–water partition coefficient (Wildman–Crippen LogP) is 2.50. The molecule has 0 saturated heterocycles. The molecule has 0 aliphatic carbocycles. The fourth-order valence-electron chi connectivity index (χ4n) is 1.74. The van der Waals surface area contributed by atoms with Crippen molar-refractivity contribution in [1.29, 1.82) is 0 Å². The van der Waals surface area contributed by atoms with Crippen molar-refractivity contribution in [3.8, 4) is 5.75 Å². The predicted molar refractivity (Wildman–Crippen MR) is 64.6 cm³/mol. The molecule has 1 aromatic rings. The van der Waals surface area contributed by atoms with Crippen LogP contribution in [0, 0.1) is 6.92 Å². The minimum atomic E-state index is 0.998. The lowest BCUT2D eigenvalue weighted by atomic mass is 10.0.